The number of carbonyl (C=O) groups is 3. The third kappa shape index (κ3) is 6.23. The molecule has 0 saturated carbocycles. The average molecular weight is 373 g/mol. The number of rotatable bonds is 8. The van der Waals surface area contributed by atoms with Crippen molar-refractivity contribution < 1.29 is 24.0 Å². The fraction of sp³-hybridized carbons (Fsp3) is 0.833. The van der Waals surface area contributed by atoms with Gasteiger partial charge in [0, 0.05) is 13.1 Å². The second-order valence-corrected chi connectivity index (χ2v) is 8.09. The number of hydrogen-bond donors (Lipinski definition) is 3. The number of nitrogens with one attached hydrogen (secondary N) is 2. The largest absolute Gasteiger partial charge is 0.354 e. The monoisotopic (exact) mass is 373 g/mol. The van der Waals surface area contributed by atoms with Crippen LogP contribution in [0.5, 0.6) is 0 Å². The first kappa shape index (κ1) is 22.3. The van der Waals surface area contributed by atoms with Gasteiger partial charge in [-0.15, -0.1) is 0 Å². The highest BCUT2D eigenvalue weighted by Crippen LogP contribution is 2.26. The molecule has 8 heteroatoms. The van der Waals surface area contributed by atoms with E-state index in [-0.39, 0.29) is 17.7 Å². The number of likely N-dealkylation sites (tertiary alicyclic amines) is 1. The molecule has 7 nitrogen and oxygen atoms in total. The van der Waals surface area contributed by atoms with Gasteiger partial charge in [0.05, 0.1) is 5.92 Å². The topological polar surface area (TPSA) is 98.7 Å². The Morgan fingerprint density at radius 3 is 2.50 bits per heavy atom. The number of hydrogen-bond acceptors (Lipinski definition) is 4. The molecular formula is C18H32FN3O4. The van der Waals surface area contributed by atoms with E-state index in [1.165, 1.54) is 10.4 Å². The van der Waals surface area contributed by atoms with E-state index in [2.05, 4.69) is 5.32 Å². The Morgan fingerprint density at radius 2 is 1.96 bits per heavy atom. The predicted molar refractivity (Wildman–Crippen MR) is 95.0 cm³/mol. The van der Waals surface area contributed by atoms with Crippen molar-refractivity contribution in [1.82, 2.24) is 15.7 Å². The lowest BCUT2D eigenvalue weighted by Gasteiger charge is -2.30. The molecule has 0 bridgehead atoms. The van der Waals surface area contributed by atoms with Gasteiger partial charge in [-0.05, 0) is 24.7 Å². The summed E-state index contributed by atoms with van der Waals surface area (Å²) in [7, 11) is 0. The molecule has 150 valence electrons. The second kappa shape index (κ2) is 9.85. The summed E-state index contributed by atoms with van der Waals surface area (Å²) in [6.07, 6.45) is 0.542. The highest BCUT2D eigenvalue weighted by molar-refractivity contribution is 5.92. The Labute approximate surface area is 154 Å². The lowest BCUT2D eigenvalue weighted by molar-refractivity contribution is -0.149. The lowest BCUT2D eigenvalue weighted by atomic mass is 9.94. The van der Waals surface area contributed by atoms with Gasteiger partial charge >= 0.3 is 0 Å². The van der Waals surface area contributed by atoms with Crippen molar-refractivity contribution in [2.45, 2.75) is 72.0 Å². The number of hydroxylamine groups is 1. The van der Waals surface area contributed by atoms with Crippen molar-refractivity contribution in [3.05, 3.63) is 0 Å². The summed E-state index contributed by atoms with van der Waals surface area (Å²) in [6, 6.07) is -0.640. The molecule has 1 rings (SSSR count). The van der Waals surface area contributed by atoms with Gasteiger partial charge in [-0.1, -0.05) is 40.5 Å². The highest BCUT2D eigenvalue weighted by atomic mass is 19.1. The summed E-state index contributed by atoms with van der Waals surface area (Å²) in [5.74, 6) is -3.21. The summed E-state index contributed by atoms with van der Waals surface area (Å²) in [5, 5.41) is 11.5. The van der Waals surface area contributed by atoms with Gasteiger partial charge in [0.1, 0.15) is 6.04 Å². The van der Waals surface area contributed by atoms with Crippen LogP contribution in [-0.4, -0.2) is 53.1 Å². The molecule has 3 amide bonds. The predicted octanol–water partition coefficient (Wildman–Crippen LogP) is 1.79. The second-order valence-electron chi connectivity index (χ2n) is 8.09. The first-order valence-corrected chi connectivity index (χ1v) is 9.28. The zero-order valence-electron chi connectivity index (χ0n) is 16.2. The summed E-state index contributed by atoms with van der Waals surface area (Å²) in [5.41, 5.74) is 1.19. The van der Waals surface area contributed by atoms with E-state index in [1.807, 2.05) is 27.7 Å². The van der Waals surface area contributed by atoms with Crippen LogP contribution in [-0.2, 0) is 14.4 Å². The summed E-state index contributed by atoms with van der Waals surface area (Å²) in [6.45, 7) is 8.72. The van der Waals surface area contributed by atoms with E-state index >= 15 is 0 Å². The van der Waals surface area contributed by atoms with E-state index in [4.69, 9.17) is 5.21 Å². The van der Waals surface area contributed by atoms with E-state index < -0.39 is 29.9 Å². The quantitative estimate of drug-likeness (QED) is 0.446. The molecule has 3 N–H and O–H groups in total. The molecule has 1 fully saturated rings. The maximum atomic E-state index is 14.4. The zero-order chi connectivity index (χ0) is 19.9. The molecule has 1 aliphatic rings. The molecule has 0 aromatic carbocycles. The molecular weight excluding hydrogens is 341 g/mol. The van der Waals surface area contributed by atoms with Crippen LogP contribution >= 0.6 is 0 Å². The molecule has 26 heavy (non-hydrogen) atoms. The van der Waals surface area contributed by atoms with Gasteiger partial charge < -0.3 is 10.2 Å². The number of unbranched alkanes of at least 4 members (excludes halogenated alkanes) is 1. The molecule has 0 aromatic rings. The van der Waals surface area contributed by atoms with Crippen molar-refractivity contribution in [2.75, 3.05) is 13.1 Å². The van der Waals surface area contributed by atoms with Crippen LogP contribution < -0.4 is 10.8 Å². The van der Waals surface area contributed by atoms with E-state index in [1.54, 1.807) is 0 Å². The van der Waals surface area contributed by atoms with E-state index in [9.17, 15) is 18.8 Å². The Hall–Kier alpha value is -1.70. The summed E-state index contributed by atoms with van der Waals surface area (Å²) >= 11 is 0. The fourth-order valence-corrected chi connectivity index (χ4v) is 3.05. The van der Waals surface area contributed by atoms with Crippen molar-refractivity contribution in [1.29, 1.82) is 0 Å². The molecule has 1 saturated heterocycles. The minimum atomic E-state index is -2.14. The van der Waals surface area contributed by atoms with Gasteiger partial charge in [-0.3, -0.25) is 19.6 Å². The Morgan fingerprint density at radius 1 is 1.31 bits per heavy atom. The maximum absolute atomic E-state index is 14.4. The zero-order valence-corrected chi connectivity index (χ0v) is 16.2. The molecule has 1 heterocycles. The van der Waals surface area contributed by atoms with Gasteiger partial charge in [0.25, 0.3) is 5.91 Å². The Balaban J connectivity index is 2.87. The van der Waals surface area contributed by atoms with Crippen LogP contribution in [0, 0.1) is 11.3 Å². The minimum absolute atomic E-state index is 0.0873. The van der Waals surface area contributed by atoms with Crippen LogP contribution in [0.4, 0.5) is 4.39 Å². The Bertz CT molecular complexity index is 507. The first-order chi connectivity index (χ1) is 12.1. The maximum Gasteiger partial charge on any atom is 0.278 e. The molecule has 3 atom stereocenters. The Kier molecular flexibility index (Phi) is 8.46. The first-order valence-electron chi connectivity index (χ1n) is 9.28. The third-order valence-corrected chi connectivity index (χ3v) is 4.53. The minimum Gasteiger partial charge on any atom is -0.354 e. The smallest absolute Gasteiger partial charge is 0.278 e. The number of nitrogens with zero attached hydrogens (tertiary/aromatic N) is 1. The molecule has 0 spiro atoms. The van der Waals surface area contributed by atoms with Gasteiger partial charge in [0.15, 0.2) is 6.17 Å². The van der Waals surface area contributed by atoms with E-state index in [0.29, 0.717) is 32.4 Å². The molecule has 0 unspecified atom stereocenters. The summed E-state index contributed by atoms with van der Waals surface area (Å²) in [4.78, 5) is 38.2. The standard InChI is InChI=1S/C18H32FN3O4/c1-5-6-8-12(14(19)16(24)21-26)17(25)22-10-7-9-13(22)15(23)20-11-18(2,3)4/h12-14,26H,5-11H2,1-4H3,(H,20,23)(H,21,24)/t12-,13+,14-/m1/s1. The van der Waals surface area contributed by atoms with Gasteiger partial charge in [-0.2, -0.15) is 0 Å². The van der Waals surface area contributed by atoms with Gasteiger partial charge in [0.2, 0.25) is 11.8 Å². The number of amides is 3. The lowest BCUT2D eigenvalue weighted by Crippen LogP contribution is -2.51. The molecule has 1 aliphatic heterocycles. The molecule has 0 radical (unpaired) electrons. The van der Waals surface area contributed by atoms with Crippen molar-refractivity contribution in [2.24, 2.45) is 11.3 Å². The number of carbonyl (C=O) groups excluding carboxylic acids is 3. The van der Waals surface area contributed by atoms with Crippen LogP contribution in [0.2, 0.25) is 0 Å². The van der Waals surface area contributed by atoms with E-state index in [0.717, 1.165) is 6.42 Å². The van der Waals surface area contributed by atoms with Crippen LogP contribution in [0.1, 0.15) is 59.8 Å². The van der Waals surface area contributed by atoms with Crippen molar-refractivity contribution in [3.8, 4) is 0 Å². The van der Waals surface area contributed by atoms with Crippen LogP contribution in [0.15, 0.2) is 0 Å². The number of alkyl halides is 1. The average Bonchev–Trinajstić information content (AvgIpc) is 3.07. The molecule has 0 aromatic heterocycles. The SMILES string of the molecule is CCCC[C@@H](C(=O)N1CCC[C@H]1C(=O)NCC(C)(C)C)[C@@H](F)C(=O)NO. The normalized spacial score (nSPS) is 19.8. The van der Waals surface area contributed by atoms with Crippen LogP contribution in [0.25, 0.3) is 0 Å². The summed E-state index contributed by atoms with van der Waals surface area (Å²) < 4.78 is 14.4. The fourth-order valence-electron chi connectivity index (χ4n) is 3.05. The van der Waals surface area contributed by atoms with Crippen LogP contribution in [0.3, 0.4) is 0 Å². The number of halogens is 1. The van der Waals surface area contributed by atoms with Crippen molar-refractivity contribution in [3.63, 3.8) is 0 Å². The molecule has 0 aliphatic carbocycles. The third-order valence-electron chi connectivity index (χ3n) is 4.53. The van der Waals surface area contributed by atoms with Crippen molar-refractivity contribution >= 4 is 17.7 Å². The van der Waals surface area contributed by atoms with Gasteiger partial charge in [-0.25, -0.2) is 9.87 Å². The highest BCUT2D eigenvalue weighted by Gasteiger charge is 2.41.